The molecule has 1 amide bonds. The summed E-state index contributed by atoms with van der Waals surface area (Å²) in [6, 6.07) is 10.6. The van der Waals surface area contributed by atoms with Crippen LogP contribution >= 0.6 is 0 Å². The quantitative estimate of drug-likeness (QED) is 0.780. The molecule has 1 heterocycles. The van der Waals surface area contributed by atoms with Crippen molar-refractivity contribution in [3.8, 4) is 0 Å². The first kappa shape index (κ1) is 14.9. The monoisotopic (exact) mass is 306 g/mol. The number of sulfonamides is 1. The summed E-state index contributed by atoms with van der Waals surface area (Å²) >= 11 is 0. The van der Waals surface area contributed by atoms with Crippen LogP contribution in [0.25, 0.3) is 0 Å². The smallest absolute Gasteiger partial charge is 0.274 e. The maximum absolute atomic E-state index is 12.0. The van der Waals surface area contributed by atoms with Gasteiger partial charge in [0.15, 0.2) is 0 Å². The second-order valence-corrected chi connectivity index (χ2v) is 5.74. The fourth-order valence-corrected chi connectivity index (χ4v) is 2.14. The lowest BCUT2D eigenvalue weighted by molar-refractivity contribution is 0.102. The van der Waals surface area contributed by atoms with Crippen LogP contribution in [0.4, 0.5) is 11.5 Å². The standard InChI is InChI=1S/C13H14N4O3S/c1-15-12-4-2-3-11(17-12)13(18)16-9-5-7-10(8-6-9)21(14,19)20/h2-8H,1H3,(H,15,17)(H,16,18)(H2,14,19,20). The Kier molecular flexibility index (Phi) is 4.20. The molecule has 0 unspecified atom stereocenters. The average molecular weight is 306 g/mol. The molecule has 0 aliphatic rings. The van der Waals surface area contributed by atoms with Crippen LogP contribution in [0.5, 0.6) is 0 Å². The molecular formula is C13H14N4O3S. The zero-order valence-corrected chi connectivity index (χ0v) is 12.0. The number of nitrogens with one attached hydrogen (secondary N) is 2. The van der Waals surface area contributed by atoms with Gasteiger partial charge in [0.25, 0.3) is 5.91 Å². The first-order valence-electron chi connectivity index (χ1n) is 5.99. The van der Waals surface area contributed by atoms with Crippen LogP contribution in [-0.4, -0.2) is 26.4 Å². The van der Waals surface area contributed by atoms with E-state index in [1.165, 1.54) is 24.3 Å². The lowest BCUT2D eigenvalue weighted by atomic mass is 10.3. The lowest BCUT2D eigenvalue weighted by Gasteiger charge is -2.06. The van der Waals surface area contributed by atoms with Gasteiger partial charge in [-0.1, -0.05) is 6.07 Å². The van der Waals surface area contributed by atoms with E-state index in [0.29, 0.717) is 11.5 Å². The highest BCUT2D eigenvalue weighted by molar-refractivity contribution is 7.89. The average Bonchev–Trinajstić information content (AvgIpc) is 2.47. The van der Waals surface area contributed by atoms with Crippen molar-refractivity contribution in [2.75, 3.05) is 17.7 Å². The Balaban J connectivity index is 2.16. The maximum atomic E-state index is 12.0. The predicted molar refractivity (Wildman–Crippen MR) is 79.6 cm³/mol. The SMILES string of the molecule is CNc1cccc(C(=O)Nc2ccc(S(N)(=O)=O)cc2)n1. The van der Waals surface area contributed by atoms with Crippen LogP contribution < -0.4 is 15.8 Å². The molecule has 0 aliphatic heterocycles. The topological polar surface area (TPSA) is 114 Å². The third-order valence-corrected chi connectivity index (χ3v) is 3.61. The summed E-state index contributed by atoms with van der Waals surface area (Å²) in [7, 11) is -2.04. The van der Waals surface area contributed by atoms with Gasteiger partial charge in [-0.3, -0.25) is 4.79 Å². The number of carbonyl (C=O) groups is 1. The van der Waals surface area contributed by atoms with Crippen molar-refractivity contribution >= 4 is 27.4 Å². The first-order chi connectivity index (χ1) is 9.90. The third-order valence-electron chi connectivity index (χ3n) is 2.68. The van der Waals surface area contributed by atoms with E-state index in [9.17, 15) is 13.2 Å². The van der Waals surface area contributed by atoms with E-state index in [1.807, 2.05) is 0 Å². The minimum absolute atomic E-state index is 0.0178. The van der Waals surface area contributed by atoms with E-state index < -0.39 is 15.9 Å². The molecule has 0 radical (unpaired) electrons. The van der Waals surface area contributed by atoms with Crippen LogP contribution in [0.15, 0.2) is 47.4 Å². The van der Waals surface area contributed by atoms with Crippen LogP contribution in [0.2, 0.25) is 0 Å². The van der Waals surface area contributed by atoms with E-state index in [1.54, 1.807) is 25.2 Å². The minimum Gasteiger partial charge on any atom is -0.373 e. The summed E-state index contributed by atoms with van der Waals surface area (Å²) in [5, 5.41) is 10.5. The number of pyridine rings is 1. The van der Waals surface area contributed by atoms with Gasteiger partial charge in [0, 0.05) is 12.7 Å². The van der Waals surface area contributed by atoms with Gasteiger partial charge in [-0.15, -0.1) is 0 Å². The third kappa shape index (κ3) is 3.77. The number of rotatable bonds is 4. The van der Waals surface area contributed by atoms with E-state index in [4.69, 9.17) is 5.14 Å². The second-order valence-electron chi connectivity index (χ2n) is 4.18. The lowest BCUT2D eigenvalue weighted by Crippen LogP contribution is -2.15. The van der Waals surface area contributed by atoms with Gasteiger partial charge >= 0.3 is 0 Å². The molecule has 0 aliphatic carbocycles. The number of carbonyl (C=O) groups excluding carboxylic acids is 1. The highest BCUT2D eigenvalue weighted by atomic mass is 32.2. The van der Waals surface area contributed by atoms with Gasteiger partial charge in [-0.05, 0) is 36.4 Å². The van der Waals surface area contributed by atoms with Crippen LogP contribution in [-0.2, 0) is 10.0 Å². The molecule has 7 nitrogen and oxygen atoms in total. The Morgan fingerprint density at radius 1 is 1.14 bits per heavy atom. The van der Waals surface area contributed by atoms with E-state index in [2.05, 4.69) is 15.6 Å². The number of nitrogens with zero attached hydrogens (tertiary/aromatic N) is 1. The fourth-order valence-electron chi connectivity index (χ4n) is 1.62. The molecule has 0 fully saturated rings. The first-order valence-corrected chi connectivity index (χ1v) is 7.54. The van der Waals surface area contributed by atoms with Gasteiger partial charge < -0.3 is 10.6 Å². The molecular weight excluding hydrogens is 292 g/mol. The highest BCUT2D eigenvalue weighted by Gasteiger charge is 2.10. The summed E-state index contributed by atoms with van der Waals surface area (Å²) in [4.78, 5) is 16.1. The Labute approximate surface area is 122 Å². The summed E-state index contributed by atoms with van der Waals surface area (Å²) in [5.41, 5.74) is 0.696. The number of aromatic nitrogens is 1. The van der Waals surface area contributed by atoms with Gasteiger partial charge in [0.1, 0.15) is 11.5 Å². The summed E-state index contributed by atoms with van der Waals surface area (Å²) in [6.45, 7) is 0. The molecule has 1 aromatic heterocycles. The van der Waals surface area contributed by atoms with Gasteiger partial charge in [0.05, 0.1) is 4.90 Å². The number of benzene rings is 1. The van der Waals surface area contributed by atoms with Crippen molar-refractivity contribution in [3.63, 3.8) is 0 Å². The van der Waals surface area contributed by atoms with E-state index in [-0.39, 0.29) is 10.6 Å². The minimum atomic E-state index is -3.74. The summed E-state index contributed by atoms with van der Waals surface area (Å²) in [5.74, 6) is 0.183. The molecule has 0 saturated heterocycles. The number of hydrogen-bond acceptors (Lipinski definition) is 5. The van der Waals surface area contributed by atoms with Gasteiger partial charge in [0.2, 0.25) is 10.0 Å². The Hall–Kier alpha value is -2.45. The van der Waals surface area contributed by atoms with Crippen LogP contribution in [0, 0.1) is 0 Å². The van der Waals surface area contributed by atoms with Crippen LogP contribution in [0.1, 0.15) is 10.5 Å². The van der Waals surface area contributed by atoms with Crippen molar-refractivity contribution in [3.05, 3.63) is 48.2 Å². The Morgan fingerprint density at radius 2 is 1.81 bits per heavy atom. The molecule has 0 spiro atoms. The Bertz CT molecular complexity index is 757. The highest BCUT2D eigenvalue weighted by Crippen LogP contribution is 2.14. The molecule has 8 heteroatoms. The van der Waals surface area contributed by atoms with Crippen molar-refractivity contribution in [1.82, 2.24) is 4.98 Å². The number of primary sulfonamides is 1. The fraction of sp³-hybridized carbons (Fsp3) is 0.0769. The van der Waals surface area contributed by atoms with Crippen LogP contribution in [0.3, 0.4) is 0 Å². The van der Waals surface area contributed by atoms with Crippen molar-refractivity contribution < 1.29 is 13.2 Å². The van der Waals surface area contributed by atoms with Crippen molar-refractivity contribution in [2.45, 2.75) is 4.90 Å². The summed E-state index contributed by atoms with van der Waals surface area (Å²) < 4.78 is 22.3. The van der Waals surface area contributed by atoms with Crippen molar-refractivity contribution in [2.24, 2.45) is 5.14 Å². The zero-order valence-electron chi connectivity index (χ0n) is 11.2. The molecule has 4 N–H and O–H groups in total. The predicted octanol–water partition coefficient (Wildman–Crippen LogP) is 1.02. The van der Waals surface area contributed by atoms with Gasteiger partial charge in [-0.2, -0.15) is 0 Å². The maximum Gasteiger partial charge on any atom is 0.274 e. The molecule has 1 aromatic carbocycles. The number of hydrogen-bond donors (Lipinski definition) is 3. The normalized spacial score (nSPS) is 11.0. The molecule has 2 aromatic rings. The zero-order chi connectivity index (χ0) is 15.5. The molecule has 0 bridgehead atoms. The largest absolute Gasteiger partial charge is 0.373 e. The second kappa shape index (κ2) is 5.90. The molecule has 110 valence electrons. The summed E-state index contributed by atoms with van der Waals surface area (Å²) in [6.07, 6.45) is 0. The molecule has 21 heavy (non-hydrogen) atoms. The number of anilines is 2. The van der Waals surface area contributed by atoms with Crippen molar-refractivity contribution in [1.29, 1.82) is 0 Å². The number of nitrogens with two attached hydrogens (primary N) is 1. The van der Waals surface area contributed by atoms with Gasteiger partial charge in [-0.25, -0.2) is 18.5 Å². The number of amides is 1. The van der Waals surface area contributed by atoms with E-state index in [0.717, 1.165) is 0 Å². The van der Waals surface area contributed by atoms with E-state index >= 15 is 0 Å². The molecule has 0 saturated carbocycles. The molecule has 0 atom stereocenters. The molecule has 2 rings (SSSR count). The Morgan fingerprint density at radius 3 is 2.38 bits per heavy atom.